The summed E-state index contributed by atoms with van der Waals surface area (Å²) >= 11 is 5.83. The maximum atomic E-state index is 15.0. The Morgan fingerprint density at radius 2 is 1.91 bits per heavy atom. The normalized spacial score (nSPS) is 24.8. The fourth-order valence-corrected chi connectivity index (χ4v) is 6.04. The van der Waals surface area contributed by atoms with Crippen LogP contribution in [0.25, 0.3) is 22.8 Å². The molecule has 0 bridgehead atoms. The summed E-state index contributed by atoms with van der Waals surface area (Å²) in [5, 5.41) is 4.40. The highest BCUT2D eigenvalue weighted by Crippen LogP contribution is 2.40. The van der Waals surface area contributed by atoms with Gasteiger partial charge in [-0.2, -0.15) is 0 Å². The van der Waals surface area contributed by atoms with E-state index in [9.17, 15) is 8.60 Å². The van der Waals surface area contributed by atoms with Crippen LogP contribution in [0, 0.1) is 5.82 Å². The van der Waals surface area contributed by atoms with E-state index in [-0.39, 0.29) is 17.2 Å². The Kier molecular flexibility index (Phi) is 5.33. The van der Waals surface area contributed by atoms with Gasteiger partial charge in [-0.1, -0.05) is 16.8 Å². The predicted molar refractivity (Wildman–Crippen MR) is 122 cm³/mol. The van der Waals surface area contributed by atoms with Crippen LogP contribution >= 0.6 is 11.6 Å². The molecule has 1 aliphatic heterocycles. The molecule has 2 N–H and O–H groups in total. The van der Waals surface area contributed by atoms with Gasteiger partial charge in [0, 0.05) is 36.6 Å². The monoisotopic (exact) mass is 476 g/mol. The Balaban J connectivity index is 1.78. The second-order valence-electron chi connectivity index (χ2n) is 8.24. The molecule has 4 rings (SSSR count). The van der Waals surface area contributed by atoms with Gasteiger partial charge < -0.3 is 10.3 Å². The Morgan fingerprint density at radius 3 is 2.56 bits per heavy atom. The third kappa shape index (κ3) is 3.57. The first-order chi connectivity index (χ1) is 15.0. The van der Waals surface area contributed by atoms with E-state index in [4.69, 9.17) is 21.9 Å². The number of nitrogens with two attached hydrogens (primary N) is 1. The Bertz CT molecular complexity index is 1340. The summed E-state index contributed by atoms with van der Waals surface area (Å²) in [6, 6.07) is 6.13. The fraction of sp³-hybridized carbons (Fsp3) is 0.333. The molecule has 11 heteroatoms. The average molecular weight is 477 g/mol. The standard InChI is InChI=1S/C21H22ClFN6O2S/c1-20(2)19(24)28-21(3,11-32(20,30)25-4)14-7-12(5-6-15(14)23)17-8-16(29-31-17)18-26-9-13(22)10-27-18/h5-10H,11H2,1-4H3,(H2,24,28)/t21-,32-/m0/s1. The highest BCUT2D eigenvalue weighted by Gasteiger charge is 2.47. The highest BCUT2D eigenvalue weighted by atomic mass is 35.5. The number of rotatable bonds is 3. The summed E-state index contributed by atoms with van der Waals surface area (Å²) in [6.07, 6.45) is 2.91. The van der Waals surface area contributed by atoms with Gasteiger partial charge in [0.1, 0.15) is 21.9 Å². The highest BCUT2D eigenvalue weighted by molar-refractivity contribution is 7.95. The molecular weight excluding hydrogens is 455 g/mol. The summed E-state index contributed by atoms with van der Waals surface area (Å²) in [4.78, 5) is 12.8. The van der Waals surface area contributed by atoms with E-state index in [1.807, 2.05) is 0 Å². The van der Waals surface area contributed by atoms with Gasteiger partial charge in [0.05, 0.1) is 20.5 Å². The zero-order valence-electron chi connectivity index (χ0n) is 18.0. The zero-order valence-corrected chi connectivity index (χ0v) is 19.5. The van der Waals surface area contributed by atoms with E-state index < -0.39 is 25.8 Å². The molecule has 0 fully saturated rings. The number of hydrogen-bond acceptors (Lipinski definition) is 8. The molecule has 0 unspecified atom stereocenters. The van der Waals surface area contributed by atoms with Crippen LogP contribution in [0.2, 0.25) is 5.02 Å². The maximum absolute atomic E-state index is 15.0. The van der Waals surface area contributed by atoms with Crippen molar-refractivity contribution in [1.82, 2.24) is 15.1 Å². The molecule has 168 valence electrons. The van der Waals surface area contributed by atoms with E-state index in [2.05, 4.69) is 24.5 Å². The van der Waals surface area contributed by atoms with Gasteiger partial charge in [-0.05, 0) is 39.0 Å². The lowest BCUT2D eigenvalue weighted by atomic mass is 9.91. The summed E-state index contributed by atoms with van der Waals surface area (Å²) in [7, 11) is -1.31. The van der Waals surface area contributed by atoms with Crippen molar-refractivity contribution in [3.8, 4) is 22.8 Å². The molecule has 8 nitrogen and oxygen atoms in total. The molecule has 32 heavy (non-hydrogen) atoms. The van der Waals surface area contributed by atoms with E-state index in [0.717, 1.165) is 0 Å². The summed E-state index contributed by atoms with van der Waals surface area (Å²) < 4.78 is 37.2. The zero-order chi connectivity index (χ0) is 23.3. The lowest BCUT2D eigenvalue weighted by Crippen LogP contribution is -2.54. The lowest BCUT2D eigenvalue weighted by Gasteiger charge is -2.40. The molecule has 3 aromatic rings. The second-order valence-corrected chi connectivity index (χ2v) is 11.6. The van der Waals surface area contributed by atoms with Crippen molar-refractivity contribution in [2.24, 2.45) is 15.1 Å². The van der Waals surface area contributed by atoms with E-state index >= 15 is 0 Å². The minimum absolute atomic E-state index is 0.0326. The molecule has 0 aliphatic carbocycles. The van der Waals surface area contributed by atoms with Crippen molar-refractivity contribution in [3.05, 3.63) is 53.1 Å². The van der Waals surface area contributed by atoms with Gasteiger partial charge in [-0.15, -0.1) is 0 Å². The van der Waals surface area contributed by atoms with Gasteiger partial charge >= 0.3 is 0 Å². The van der Waals surface area contributed by atoms with Crippen LogP contribution in [0.4, 0.5) is 4.39 Å². The molecule has 0 saturated carbocycles. The van der Waals surface area contributed by atoms with Gasteiger partial charge in [0.15, 0.2) is 17.3 Å². The van der Waals surface area contributed by atoms with Gasteiger partial charge in [-0.25, -0.2) is 22.9 Å². The van der Waals surface area contributed by atoms with Gasteiger partial charge in [-0.3, -0.25) is 4.99 Å². The summed E-state index contributed by atoms with van der Waals surface area (Å²) in [5.74, 6) is 0.442. The minimum Gasteiger partial charge on any atom is -0.386 e. The van der Waals surface area contributed by atoms with Crippen molar-refractivity contribution in [2.75, 3.05) is 12.8 Å². The fourth-order valence-electron chi connectivity index (χ4n) is 3.64. The van der Waals surface area contributed by atoms with E-state index in [1.165, 1.54) is 25.5 Å². The van der Waals surface area contributed by atoms with Gasteiger partial charge in [0.25, 0.3) is 0 Å². The topological polar surface area (TPSA) is 120 Å². The number of hydrogen-bond donors (Lipinski definition) is 1. The van der Waals surface area contributed by atoms with Gasteiger partial charge in [0.2, 0.25) is 0 Å². The average Bonchev–Trinajstić information content (AvgIpc) is 3.23. The largest absolute Gasteiger partial charge is 0.386 e. The molecule has 0 spiro atoms. The summed E-state index contributed by atoms with van der Waals surface area (Å²) in [5.41, 5.74) is 6.23. The molecule has 0 amide bonds. The summed E-state index contributed by atoms with van der Waals surface area (Å²) in [6.45, 7) is 5.18. The number of nitrogens with zero attached hydrogens (tertiary/aromatic N) is 5. The molecule has 2 atom stereocenters. The molecule has 2 aromatic heterocycles. The Labute approximate surface area is 190 Å². The first-order valence-corrected chi connectivity index (χ1v) is 11.8. The number of halogens is 2. The first-order valence-electron chi connectivity index (χ1n) is 9.72. The Hall–Kier alpha value is -2.85. The molecule has 1 aromatic carbocycles. The lowest BCUT2D eigenvalue weighted by molar-refractivity contribution is 0.434. The Morgan fingerprint density at radius 1 is 1.22 bits per heavy atom. The molecule has 0 radical (unpaired) electrons. The van der Waals surface area contributed by atoms with Crippen molar-refractivity contribution >= 4 is 27.2 Å². The minimum atomic E-state index is -2.80. The predicted octanol–water partition coefficient (Wildman–Crippen LogP) is 4.05. The van der Waals surface area contributed by atoms with Crippen LogP contribution < -0.4 is 5.73 Å². The van der Waals surface area contributed by atoms with Crippen LogP contribution in [-0.4, -0.2) is 42.7 Å². The van der Waals surface area contributed by atoms with Crippen molar-refractivity contribution in [1.29, 1.82) is 0 Å². The number of benzene rings is 1. The van der Waals surface area contributed by atoms with Crippen LogP contribution in [0.1, 0.15) is 26.3 Å². The second kappa shape index (κ2) is 7.63. The van der Waals surface area contributed by atoms with E-state index in [0.29, 0.717) is 27.9 Å². The van der Waals surface area contributed by atoms with E-state index in [1.54, 1.807) is 39.0 Å². The molecular formula is C21H22ClFN6O2S. The number of aliphatic imine (C=N–C) groups is 1. The van der Waals surface area contributed by atoms with Crippen LogP contribution in [-0.2, 0) is 15.3 Å². The molecule has 0 saturated heterocycles. The molecule has 1 aliphatic rings. The first kappa shape index (κ1) is 22.3. The smallest absolute Gasteiger partial charge is 0.181 e. The maximum Gasteiger partial charge on any atom is 0.181 e. The molecule has 3 heterocycles. The van der Waals surface area contributed by atoms with Crippen LogP contribution in [0.3, 0.4) is 0 Å². The van der Waals surface area contributed by atoms with Crippen molar-refractivity contribution < 1.29 is 13.1 Å². The SMILES string of the molecule is CN=[S@]1(=O)C[C@@](C)(c2cc(-c3cc(-c4ncc(Cl)cn4)no3)ccc2F)N=C(N)C1(C)C. The number of aromatic nitrogens is 3. The van der Waals surface area contributed by atoms with Crippen molar-refractivity contribution in [3.63, 3.8) is 0 Å². The quantitative estimate of drug-likeness (QED) is 0.608. The van der Waals surface area contributed by atoms with Crippen LogP contribution in [0.15, 0.2) is 50.5 Å². The van der Waals surface area contributed by atoms with Crippen molar-refractivity contribution in [2.45, 2.75) is 31.1 Å². The number of amidine groups is 1. The van der Waals surface area contributed by atoms with Crippen LogP contribution in [0.5, 0.6) is 0 Å². The third-order valence-electron chi connectivity index (χ3n) is 5.74. The third-order valence-corrected chi connectivity index (χ3v) is 9.29.